The monoisotopic (exact) mass is 467 g/mol. The fourth-order valence-corrected chi connectivity index (χ4v) is 5.37. The first-order chi connectivity index (χ1) is 15.5. The van der Waals surface area contributed by atoms with Gasteiger partial charge in [-0.3, -0.25) is 0 Å². The Kier molecular flexibility index (Phi) is 8.07. The molecule has 0 amide bonds. The number of piperidine rings is 1. The fourth-order valence-electron chi connectivity index (χ4n) is 5.07. The van der Waals surface area contributed by atoms with E-state index in [2.05, 4.69) is 93.5 Å². The summed E-state index contributed by atoms with van der Waals surface area (Å²) in [6.45, 7) is 15.1. The summed E-state index contributed by atoms with van der Waals surface area (Å²) in [5.41, 5.74) is 3.98. The smallest absolute Gasteiger partial charge is 0.169 e. The normalized spacial score (nSPS) is 17.6. The van der Waals surface area contributed by atoms with Gasteiger partial charge in [0, 0.05) is 30.2 Å². The largest absolute Gasteiger partial charge is 0.497 e. The molecule has 0 bridgehead atoms. The molecule has 2 N–H and O–H groups in total. The molecule has 3 rings (SSSR count). The molecule has 0 saturated carbocycles. The summed E-state index contributed by atoms with van der Waals surface area (Å²) >= 11 is 5.99. The highest BCUT2D eigenvalue weighted by Gasteiger charge is 2.38. The minimum atomic E-state index is 0.0719. The minimum Gasteiger partial charge on any atom is -0.497 e. The lowest BCUT2D eigenvalue weighted by Gasteiger charge is -2.47. The van der Waals surface area contributed by atoms with Crippen molar-refractivity contribution in [2.45, 2.75) is 90.5 Å². The summed E-state index contributed by atoms with van der Waals surface area (Å²) in [5.74, 6) is 1.40. The topological polar surface area (TPSA) is 36.5 Å². The Bertz CT molecular complexity index is 903. The Morgan fingerprint density at radius 3 is 1.91 bits per heavy atom. The number of hydrogen-bond donors (Lipinski definition) is 2. The third-order valence-corrected chi connectivity index (χ3v) is 6.73. The maximum Gasteiger partial charge on any atom is 0.169 e. The third-order valence-electron chi connectivity index (χ3n) is 6.36. The molecule has 1 aliphatic rings. The third kappa shape index (κ3) is 7.44. The highest BCUT2D eigenvalue weighted by Crippen LogP contribution is 2.29. The Balaban J connectivity index is 1.78. The van der Waals surface area contributed by atoms with Crippen molar-refractivity contribution in [2.24, 2.45) is 0 Å². The molecule has 2 aromatic rings. The van der Waals surface area contributed by atoms with Crippen molar-refractivity contribution in [2.75, 3.05) is 7.11 Å². The van der Waals surface area contributed by atoms with Gasteiger partial charge in [0.1, 0.15) is 5.75 Å². The molecule has 1 aliphatic heterocycles. The molecular weight excluding hydrogens is 426 g/mol. The molecule has 2 aromatic carbocycles. The molecule has 1 fully saturated rings. The van der Waals surface area contributed by atoms with E-state index in [4.69, 9.17) is 17.0 Å². The number of ether oxygens (including phenoxy) is 1. The standard InChI is InChI=1S/C28H41N3OS/c1-20(2)23-12-8-21(9-13-23)18-31(19-22-10-14-25(32-7)15-11-22)26(33)29-24-16-27(3,4)30-28(5,6)17-24/h8-15,20,24,30H,16-19H2,1-7H3,(H,29,33). The van der Waals surface area contributed by atoms with Gasteiger partial charge >= 0.3 is 0 Å². The number of nitrogens with zero attached hydrogens (tertiary/aromatic N) is 1. The van der Waals surface area contributed by atoms with Crippen LogP contribution < -0.4 is 15.4 Å². The van der Waals surface area contributed by atoms with Crippen LogP contribution in [-0.2, 0) is 13.1 Å². The first kappa shape index (κ1) is 25.5. The molecule has 5 heteroatoms. The Hall–Kier alpha value is -2.11. The lowest BCUT2D eigenvalue weighted by molar-refractivity contribution is 0.153. The number of hydrogen-bond acceptors (Lipinski definition) is 3. The van der Waals surface area contributed by atoms with Crippen LogP contribution in [0.4, 0.5) is 0 Å². The van der Waals surface area contributed by atoms with Gasteiger partial charge in [-0.25, -0.2) is 0 Å². The summed E-state index contributed by atoms with van der Waals surface area (Å²) in [6.07, 6.45) is 2.08. The van der Waals surface area contributed by atoms with E-state index in [9.17, 15) is 0 Å². The summed E-state index contributed by atoms with van der Waals surface area (Å²) < 4.78 is 5.33. The summed E-state index contributed by atoms with van der Waals surface area (Å²) in [6, 6.07) is 17.5. The van der Waals surface area contributed by atoms with Crippen molar-refractivity contribution >= 4 is 17.3 Å². The minimum absolute atomic E-state index is 0.0719. The van der Waals surface area contributed by atoms with Crippen LogP contribution in [0, 0.1) is 0 Å². The highest BCUT2D eigenvalue weighted by atomic mass is 32.1. The maximum absolute atomic E-state index is 5.99. The lowest BCUT2D eigenvalue weighted by atomic mass is 9.80. The van der Waals surface area contributed by atoms with E-state index in [0.717, 1.165) is 36.8 Å². The summed E-state index contributed by atoms with van der Waals surface area (Å²) in [4.78, 5) is 2.28. The van der Waals surface area contributed by atoms with Crippen LogP contribution in [0.3, 0.4) is 0 Å². The fraction of sp³-hybridized carbons (Fsp3) is 0.536. The zero-order valence-corrected chi connectivity index (χ0v) is 22.2. The van der Waals surface area contributed by atoms with E-state index >= 15 is 0 Å². The molecule has 0 aromatic heterocycles. The van der Waals surface area contributed by atoms with Crippen LogP contribution in [0.15, 0.2) is 48.5 Å². The predicted octanol–water partition coefficient (Wildman–Crippen LogP) is 6.00. The Labute approximate surface area is 206 Å². The zero-order chi connectivity index (χ0) is 24.2. The summed E-state index contributed by atoms with van der Waals surface area (Å²) in [7, 11) is 1.70. The van der Waals surface area contributed by atoms with Crippen molar-refractivity contribution in [3.05, 3.63) is 65.2 Å². The first-order valence-corrected chi connectivity index (χ1v) is 12.4. The van der Waals surface area contributed by atoms with E-state index < -0.39 is 0 Å². The second-order valence-electron chi connectivity index (χ2n) is 11.0. The molecule has 4 nitrogen and oxygen atoms in total. The molecule has 180 valence electrons. The van der Waals surface area contributed by atoms with Crippen LogP contribution in [0.25, 0.3) is 0 Å². The van der Waals surface area contributed by atoms with Gasteiger partial charge in [0.05, 0.1) is 7.11 Å². The molecular formula is C28H41N3OS. The lowest BCUT2D eigenvalue weighted by Crippen LogP contribution is -2.62. The van der Waals surface area contributed by atoms with Crippen molar-refractivity contribution in [3.8, 4) is 5.75 Å². The van der Waals surface area contributed by atoms with E-state index in [1.807, 2.05) is 12.1 Å². The van der Waals surface area contributed by atoms with Gasteiger partial charge in [0.2, 0.25) is 0 Å². The molecule has 0 spiro atoms. The molecule has 0 radical (unpaired) electrons. The quantitative estimate of drug-likeness (QED) is 0.488. The molecule has 0 unspecified atom stereocenters. The van der Waals surface area contributed by atoms with Gasteiger partial charge < -0.3 is 20.3 Å². The number of rotatable bonds is 7. The van der Waals surface area contributed by atoms with E-state index in [1.165, 1.54) is 16.7 Å². The van der Waals surface area contributed by atoms with Crippen molar-refractivity contribution in [1.82, 2.24) is 15.5 Å². The van der Waals surface area contributed by atoms with Gasteiger partial charge in [-0.05, 0) is 87.5 Å². The van der Waals surface area contributed by atoms with Crippen molar-refractivity contribution in [1.29, 1.82) is 0 Å². The van der Waals surface area contributed by atoms with Crippen molar-refractivity contribution < 1.29 is 4.74 Å². The van der Waals surface area contributed by atoms with Crippen molar-refractivity contribution in [3.63, 3.8) is 0 Å². The van der Waals surface area contributed by atoms with Gasteiger partial charge in [-0.2, -0.15) is 0 Å². The van der Waals surface area contributed by atoms with Crippen LogP contribution >= 0.6 is 12.2 Å². The van der Waals surface area contributed by atoms with Gasteiger partial charge in [0.15, 0.2) is 5.11 Å². The second kappa shape index (κ2) is 10.4. The zero-order valence-electron chi connectivity index (χ0n) is 21.4. The molecule has 0 aliphatic carbocycles. The average Bonchev–Trinajstić information content (AvgIpc) is 2.71. The Morgan fingerprint density at radius 2 is 1.45 bits per heavy atom. The number of benzene rings is 2. The SMILES string of the molecule is COc1ccc(CN(Cc2ccc(C(C)C)cc2)C(=S)NC2CC(C)(C)NC(C)(C)C2)cc1. The van der Waals surface area contributed by atoms with Gasteiger partial charge in [-0.15, -0.1) is 0 Å². The molecule has 0 atom stereocenters. The predicted molar refractivity (Wildman–Crippen MR) is 143 cm³/mol. The first-order valence-electron chi connectivity index (χ1n) is 12.0. The number of nitrogens with one attached hydrogen (secondary N) is 2. The summed E-state index contributed by atoms with van der Waals surface area (Å²) in [5, 5.41) is 8.29. The Morgan fingerprint density at radius 1 is 0.970 bits per heavy atom. The second-order valence-corrected chi connectivity index (χ2v) is 11.4. The molecule has 1 saturated heterocycles. The number of methoxy groups -OCH3 is 1. The van der Waals surface area contributed by atoms with Gasteiger partial charge in [0.25, 0.3) is 0 Å². The van der Waals surface area contributed by atoms with E-state index in [0.29, 0.717) is 12.0 Å². The maximum atomic E-state index is 5.99. The van der Waals surface area contributed by atoms with Crippen LogP contribution in [0.5, 0.6) is 5.75 Å². The van der Waals surface area contributed by atoms with Crippen LogP contribution in [-0.4, -0.2) is 34.2 Å². The molecule has 33 heavy (non-hydrogen) atoms. The van der Waals surface area contributed by atoms with E-state index in [1.54, 1.807) is 7.11 Å². The average molecular weight is 468 g/mol. The van der Waals surface area contributed by atoms with E-state index in [-0.39, 0.29) is 11.1 Å². The van der Waals surface area contributed by atoms with Crippen LogP contribution in [0.1, 0.15) is 77.0 Å². The highest BCUT2D eigenvalue weighted by molar-refractivity contribution is 7.80. The molecule has 1 heterocycles. The van der Waals surface area contributed by atoms with Gasteiger partial charge in [-0.1, -0.05) is 50.2 Å². The van der Waals surface area contributed by atoms with Crippen LogP contribution in [0.2, 0.25) is 0 Å². The number of thiocarbonyl (C=S) groups is 1.